The lowest BCUT2D eigenvalue weighted by Crippen LogP contribution is -2.29. The molecule has 1 aliphatic rings. The normalized spacial score (nSPS) is 18.3. The first-order valence-electron chi connectivity index (χ1n) is 7.55. The molecule has 0 bridgehead atoms. The van der Waals surface area contributed by atoms with Crippen molar-refractivity contribution in [1.29, 1.82) is 0 Å². The van der Waals surface area contributed by atoms with E-state index in [1.807, 2.05) is 17.2 Å². The summed E-state index contributed by atoms with van der Waals surface area (Å²) in [6.45, 7) is 4.43. The fraction of sp³-hybridized carbons (Fsp3) is 0.533. The molecule has 1 atom stereocenters. The first-order chi connectivity index (χ1) is 10.3. The zero-order valence-electron chi connectivity index (χ0n) is 12.3. The molecule has 1 amide bonds. The maximum absolute atomic E-state index is 12.3. The Morgan fingerprint density at radius 2 is 2.38 bits per heavy atom. The number of aryl methyl sites for hydroxylation is 2. The monoisotopic (exact) mass is 287 g/mol. The highest BCUT2D eigenvalue weighted by atomic mass is 16.2. The number of H-pyrrole nitrogens is 1. The molecule has 3 heterocycles. The molecule has 0 spiro atoms. The van der Waals surface area contributed by atoms with Crippen LogP contribution in [0.25, 0.3) is 0 Å². The van der Waals surface area contributed by atoms with Crippen molar-refractivity contribution in [2.45, 2.75) is 38.6 Å². The summed E-state index contributed by atoms with van der Waals surface area (Å²) in [6.07, 6.45) is 7.97. The van der Waals surface area contributed by atoms with Crippen LogP contribution < -0.4 is 0 Å². The third kappa shape index (κ3) is 2.99. The molecule has 112 valence electrons. The number of nitrogens with zero attached hydrogens (tertiary/aromatic N) is 4. The lowest BCUT2D eigenvalue weighted by atomic mass is 10.1. The number of hydrogen-bond donors (Lipinski definition) is 1. The number of amides is 1. The molecule has 1 saturated heterocycles. The van der Waals surface area contributed by atoms with Gasteiger partial charge >= 0.3 is 0 Å². The maximum atomic E-state index is 12.3. The van der Waals surface area contributed by atoms with Gasteiger partial charge in [0.2, 0.25) is 5.91 Å². The second kappa shape index (κ2) is 6.11. The van der Waals surface area contributed by atoms with Gasteiger partial charge in [0.15, 0.2) is 0 Å². The van der Waals surface area contributed by atoms with E-state index in [9.17, 15) is 4.79 Å². The van der Waals surface area contributed by atoms with E-state index in [0.717, 1.165) is 37.4 Å². The summed E-state index contributed by atoms with van der Waals surface area (Å²) in [7, 11) is 0. The molecule has 6 nitrogen and oxygen atoms in total. The van der Waals surface area contributed by atoms with Crippen LogP contribution in [0.4, 0.5) is 0 Å². The molecule has 3 rings (SSSR count). The number of aromatic nitrogens is 4. The van der Waals surface area contributed by atoms with Crippen LogP contribution in [0.5, 0.6) is 0 Å². The molecule has 0 radical (unpaired) electrons. The minimum Gasteiger partial charge on any atom is -0.342 e. The first-order valence-corrected chi connectivity index (χ1v) is 7.55. The third-order valence-electron chi connectivity index (χ3n) is 4.19. The maximum Gasteiger partial charge on any atom is 0.224 e. The number of carbonyl (C=O) groups excluding carboxylic acids is 1. The molecule has 1 aliphatic heterocycles. The zero-order chi connectivity index (χ0) is 14.7. The number of carbonyl (C=O) groups is 1. The van der Waals surface area contributed by atoms with Crippen molar-refractivity contribution in [1.82, 2.24) is 24.6 Å². The van der Waals surface area contributed by atoms with Gasteiger partial charge in [0.05, 0.1) is 0 Å². The van der Waals surface area contributed by atoms with Crippen LogP contribution >= 0.6 is 0 Å². The van der Waals surface area contributed by atoms with E-state index in [1.54, 1.807) is 12.4 Å². The van der Waals surface area contributed by atoms with E-state index >= 15 is 0 Å². The molecule has 2 aromatic heterocycles. The van der Waals surface area contributed by atoms with Crippen molar-refractivity contribution in [3.63, 3.8) is 0 Å². The Morgan fingerprint density at radius 3 is 3.14 bits per heavy atom. The highest BCUT2D eigenvalue weighted by Crippen LogP contribution is 2.25. The van der Waals surface area contributed by atoms with Gasteiger partial charge in [-0.3, -0.25) is 9.89 Å². The first kappa shape index (κ1) is 13.9. The van der Waals surface area contributed by atoms with E-state index in [1.165, 1.54) is 0 Å². The average molecular weight is 287 g/mol. The van der Waals surface area contributed by atoms with Gasteiger partial charge in [-0.15, -0.1) is 0 Å². The summed E-state index contributed by atoms with van der Waals surface area (Å²) in [4.78, 5) is 18.6. The van der Waals surface area contributed by atoms with Crippen molar-refractivity contribution in [3.8, 4) is 0 Å². The Hall–Kier alpha value is -2.11. The minimum atomic E-state index is 0.229. The SMILES string of the molecule is CCc1nccn1CCC(=O)N1CCC(c2ccn[nH]2)C1. The van der Waals surface area contributed by atoms with Gasteiger partial charge in [0.1, 0.15) is 5.82 Å². The van der Waals surface area contributed by atoms with Crippen LogP contribution in [0.15, 0.2) is 24.7 Å². The highest BCUT2D eigenvalue weighted by molar-refractivity contribution is 5.76. The van der Waals surface area contributed by atoms with Crippen molar-refractivity contribution < 1.29 is 4.79 Å². The van der Waals surface area contributed by atoms with Crippen LogP contribution in [0.3, 0.4) is 0 Å². The molecule has 6 heteroatoms. The molecule has 0 aliphatic carbocycles. The summed E-state index contributed by atoms with van der Waals surface area (Å²) < 4.78 is 2.07. The van der Waals surface area contributed by atoms with Gasteiger partial charge in [0, 0.05) is 62.7 Å². The van der Waals surface area contributed by atoms with E-state index in [2.05, 4.69) is 26.7 Å². The lowest BCUT2D eigenvalue weighted by molar-refractivity contribution is -0.130. The smallest absolute Gasteiger partial charge is 0.224 e. The summed E-state index contributed by atoms with van der Waals surface area (Å²) >= 11 is 0. The summed E-state index contributed by atoms with van der Waals surface area (Å²) in [5.41, 5.74) is 1.13. The molecule has 1 fully saturated rings. The fourth-order valence-electron chi connectivity index (χ4n) is 2.97. The summed E-state index contributed by atoms with van der Waals surface area (Å²) in [5.74, 6) is 1.67. The molecular weight excluding hydrogens is 266 g/mol. The highest BCUT2D eigenvalue weighted by Gasteiger charge is 2.27. The molecule has 1 N–H and O–H groups in total. The Bertz CT molecular complexity index is 589. The number of rotatable bonds is 5. The average Bonchev–Trinajstić information content (AvgIpc) is 3.24. The lowest BCUT2D eigenvalue weighted by Gasteiger charge is -2.16. The predicted octanol–water partition coefficient (Wildman–Crippen LogP) is 1.57. The Kier molecular flexibility index (Phi) is 4.03. The minimum absolute atomic E-state index is 0.229. The second-order valence-electron chi connectivity index (χ2n) is 5.48. The van der Waals surface area contributed by atoms with Crippen molar-refractivity contribution in [2.24, 2.45) is 0 Å². The molecule has 0 saturated carbocycles. The van der Waals surface area contributed by atoms with Crippen LogP contribution in [-0.2, 0) is 17.8 Å². The summed E-state index contributed by atoms with van der Waals surface area (Å²) in [5, 5.41) is 6.99. The van der Waals surface area contributed by atoms with Gasteiger partial charge in [-0.2, -0.15) is 5.10 Å². The van der Waals surface area contributed by atoms with Crippen LogP contribution in [0.2, 0.25) is 0 Å². The molecule has 21 heavy (non-hydrogen) atoms. The zero-order valence-corrected chi connectivity index (χ0v) is 12.3. The van der Waals surface area contributed by atoms with Crippen LogP contribution in [0.1, 0.15) is 37.2 Å². The van der Waals surface area contributed by atoms with E-state index in [0.29, 0.717) is 18.9 Å². The third-order valence-corrected chi connectivity index (χ3v) is 4.19. The Morgan fingerprint density at radius 1 is 1.48 bits per heavy atom. The molecule has 0 aromatic carbocycles. The van der Waals surface area contributed by atoms with E-state index < -0.39 is 0 Å². The fourth-order valence-corrected chi connectivity index (χ4v) is 2.97. The van der Waals surface area contributed by atoms with Gasteiger partial charge in [-0.25, -0.2) is 4.98 Å². The number of nitrogens with one attached hydrogen (secondary N) is 1. The largest absolute Gasteiger partial charge is 0.342 e. The molecular formula is C15H21N5O. The molecule has 2 aromatic rings. The Labute approximate surface area is 124 Å². The topological polar surface area (TPSA) is 66.8 Å². The van der Waals surface area contributed by atoms with Crippen molar-refractivity contribution in [2.75, 3.05) is 13.1 Å². The van der Waals surface area contributed by atoms with E-state index in [-0.39, 0.29) is 5.91 Å². The second-order valence-corrected chi connectivity index (χ2v) is 5.48. The standard InChI is InChI=1S/C15H21N5O/c1-2-14-16-7-10-19(14)9-5-15(21)20-8-4-12(11-20)13-3-6-17-18-13/h3,6-7,10,12H,2,4-5,8-9,11H2,1H3,(H,17,18). The number of aromatic amines is 1. The van der Waals surface area contributed by atoms with Crippen LogP contribution in [-0.4, -0.2) is 43.6 Å². The molecule has 1 unspecified atom stereocenters. The van der Waals surface area contributed by atoms with E-state index in [4.69, 9.17) is 0 Å². The van der Waals surface area contributed by atoms with Gasteiger partial charge < -0.3 is 9.47 Å². The van der Waals surface area contributed by atoms with Gasteiger partial charge in [-0.1, -0.05) is 6.92 Å². The summed E-state index contributed by atoms with van der Waals surface area (Å²) in [6, 6.07) is 2.00. The predicted molar refractivity (Wildman–Crippen MR) is 78.7 cm³/mol. The van der Waals surface area contributed by atoms with Gasteiger partial charge in [0.25, 0.3) is 0 Å². The number of imidazole rings is 1. The van der Waals surface area contributed by atoms with Crippen molar-refractivity contribution >= 4 is 5.91 Å². The number of likely N-dealkylation sites (tertiary alicyclic amines) is 1. The van der Waals surface area contributed by atoms with Crippen LogP contribution in [0, 0.1) is 0 Å². The van der Waals surface area contributed by atoms with Gasteiger partial charge in [-0.05, 0) is 12.5 Å². The Balaban J connectivity index is 1.52. The quantitative estimate of drug-likeness (QED) is 0.908. The number of hydrogen-bond acceptors (Lipinski definition) is 3. The van der Waals surface area contributed by atoms with Crippen molar-refractivity contribution in [3.05, 3.63) is 36.2 Å².